The maximum absolute atomic E-state index is 12.9. The third-order valence-electron chi connectivity index (χ3n) is 1.65. The molecule has 0 atom stereocenters. The van der Waals surface area contributed by atoms with E-state index in [0.29, 0.717) is 6.61 Å². The summed E-state index contributed by atoms with van der Waals surface area (Å²) in [5, 5.41) is 0. The summed E-state index contributed by atoms with van der Waals surface area (Å²) < 4.78 is 42.7. The molecule has 0 amide bonds. The van der Waals surface area contributed by atoms with E-state index in [1.165, 1.54) is 6.07 Å². The molecule has 0 saturated heterocycles. The van der Waals surface area contributed by atoms with Crippen molar-refractivity contribution in [3.05, 3.63) is 24.0 Å². The SMILES string of the molecule is CCOc1cc(F)ccc1NS(=O)(=O)CBr. The van der Waals surface area contributed by atoms with E-state index in [-0.39, 0.29) is 16.1 Å². The average molecular weight is 312 g/mol. The Morgan fingerprint density at radius 3 is 2.75 bits per heavy atom. The number of benzene rings is 1. The molecule has 0 aliphatic rings. The molecule has 0 fully saturated rings. The van der Waals surface area contributed by atoms with Crippen molar-refractivity contribution >= 4 is 31.6 Å². The summed E-state index contributed by atoms with van der Waals surface area (Å²) >= 11 is 2.84. The lowest BCUT2D eigenvalue weighted by molar-refractivity contribution is 0.340. The summed E-state index contributed by atoms with van der Waals surface area (Å²) in [6.07, 6.45) is 0. The molecular formula is C9H11BrFNO3S. The highest BCUT2D eigenvalue weighted by Crippen LogP contribution is 2.26. The van der Waals surface area contributed by atoms with Crippen LogP contribution in [0.5, 0.6) is 5.75 Å². The first kappa shape index (κ1) is 13.2. The minimum atomic E-state index is -3.46. The van der Waals surface area contributed by atoms with Gasteiger partial charge in [-0.05, 0) is 19.1 Å². The van der Waals surface area contributed by atoms with Crippen molar-refractivity contribution in [3.8, 4) is 5.75 Å². The minimum absolute atomic E-state index is 0.173. The molecule has 1 N–H and O–H groups in total. The van der Waals surface area contributed by atoms with Gasteiger partial charge >= 0.3 is 0 Å². The van der Waals surface area contributed by atoms with E-state index in [0.717, 1.165) is 12.1 Å². The Bertz CT molecular complexity index is 464. The molecule has 1 aromatic rings. The van der Waals surface area contributed by atoms with Crippen LogP contribution < -0.4 is 9.46 Å². The number of alkyl halides is 1. The topological polar surface area (TPSA) is 55.4 Å². The Balaban J connectivity index is 3.03. The predicted octanol–water partition coefficient (Wildman–Crippen LogP) is 2.32. The van der Waals surface area contributed by atoms with Crippen LogP contribution in [0.3, 0.4) is 0 Å². The number of hydrogen-bond acceptors (Lipinski definition) is 3. The molecule has 1 rings (SSSR count). The van der Waals surface area contributed by atoms with Crippen molar-refractivity contribution in [2.45, 2.75) is 6.92 Å². The molecule has 0 aliphatic carbocycles. The highest BCUT2D eigenvalue weighted by atomic mass is 79.9. The van der Waals surface area contributed by atoms with Crippen LogP contribution in [0.4, 0.5) is 10.1 Å². The van der Waals surface area contributed by atoms with Crippen LogP contribution >= 0.6 is 15.9 Å². The van der Waals surface area contributed by atoms with Crippen molar-refractivity contribution in [3.63, 3.8) is 0 Å². The zero-order chi connectivity index (χ0) is 12.2. The van der Waals surface area contributed by atoms with Gasteiger partial charge in [0.25, 0.3) is 0 Å². The smallest absolute Gasteiger partial charge is 0.242 e. The summed E-state index contributed by atoms with van der Waals surface area (Å²) in [6, 6.07) is 3.62. The van der Waals surface area contributed by atoms with Gasteiger partial charge in [0.05, 0.1) is 12.3 Å². The fraction of sp³-hybridized carbons (Fsp3) is 0.333. The van der Waals surface area contributed by atoms with Gasteiger partial charge in [-0.15, -0.1) is 0 Å². The molecule has 0 unspecified atom stereocenters. The van der Waals surface area contributed by atoms with E-state index >= 15 is 0 Å². The first-order valence-electron chi connectivity index (χ1n) is 4.47. The van der Waals surface area contributed by atoms with Gasteiger partial charge in [0, 0.05) is 6.07 Å². The number of ether oxygens (including phenoxy) is 1. The monoisotopic (exact) mass is 311 g/mol. The molecule has 1 aromatic carbocycles. The molecular weight excluding hydrogens is 301 g/mol. The van der Waals surface area contributed by atoms with Crippen LogP contribution in [0.1, 0.15) is 6.92 Å². The summed E-state index contributed by atoms with van der Waals surface area (Å²) in [5.74, 6) is -0.308. The first-order chi connectivity index (χ1) is 7.48. The third kappa shape index (κ3) is 3.64. The highest BCUT2D eigenvalue weighted by molar-refractivity contribution is 9.10. The standard InChI is InChI=1S/C9H11BrFNO3S/c1-2-15-9-5-7(11)3-4-8(9)12-16(13,14)6-10/h3-5,12H,2,6H2,1H3. The Morgan fingerprint density at radius 1 is 1.50 bits per heavy atom. The van der Waals surface area contributed by atoms with Gasteiger partial charge in [0.1, 0.15) is 16.2 Å². The van der Waals surface area contributed by atoms with E-state index in [2.05, 4.69) is 20.7 Å². The van der Waals surface area contributed by atoms with Gasteiger partial charge in [-0.2, -0.15) is 0 Å². The molecule has 7 heteroatoms. The number of rotatable bonds is 5. The molecule has 90 valence electrons. The van der Waals surface area contributed by atoms with Crippen molar-refractivity contribution in [2.75, 3.05) is 16.0 Å². The van der Waals surface area contributed by atoms with Crippen LogP contribution in [0.2, 0.25) is 0 Å². The Morgan fingerprint density at radius 2 is 2.19 bits per heavy atom. The first-order valence-corrected chi connectivity index (χ1v) is 7.24. The predicted molar refractivity (Wildman–Crippen MR) is 63.9 cm³/mol. The molecule has 4 nitrogen and oxygen atoms in total. The molecule has 16 heavy (non-hydrogen) atoms. The second-order valence-corrected chi connectivity index (χ2v) is 5.92. The summed E-state index contributed by atoms with van der Waals surface area (Å²) in [7, 11) is -3.46. The Hall–Kier alpha value is -0.820. The zero-order valence-corrected chi connectivity index (χ0v) is 10.9. The highest BCUT2D eigenvalue weighted by Gasteiger charge is 2.12. The van der Waals surface area contributed by atoms with Crippen molar-refractivity contribution in [1.82, 2.24) is 0 Å². The van der Waals surface area contributed by atoms with E-state index < -0.39 is 15.8 Å². The van der Waals surface area contributed by atoms with E-state index in [1.807, 2.05) is 0 Å². The van der Waals surface area contributed by atoms with Crippen LogP contribution in [-0.4, -0.2) is 19.7 Å². The Labute approximate surface area is 102 Å². The van der Waals surface area contributed by atoms with Gasteiger partial charge in [0.2, 0.25) is 10.0 Å². The largest absolute Gasteiger partial charge is 0.492 e. The lowest BCUT2D eigenvalue weighted by Crippen LogP contribution is -2.14. The maximum atomic E-state index is 12.9. The number of sulfonamides is 1. The molecule has 0 aliphatic heterocycles. The number of halogens is 2. The molecule has 0 aromatic heterocycles. The van der Waals surface area contributed by atoms with Gasteiger partial charge in [-0.1, -0.05) is 15.9 Å². The third-order valence-corrected chi connectivity index (χ3v) is 4.28. The number of nitrogens with one attached hydrogen (secondary N) is 1. The second kappa shape index (κ2) is 5.49. The van der Waals surface area contributed by atoms with Crippen LogP contribution in [0, 0.1) is 5.82 Å². The number of anilines is 1. The molecule has 0 heterocycles. The fourth-order valence-electron chi connectivity index (χ4n) is 1.05. The average Bonchev–Trinajstić information content (AvgIpc) is 2.22. The summed E-state index contributed by atoms with van der Waals surface area (Å²) in [5.41, 5.74) is 0.225. The van der Waals surface area contributed by atoms with Gasteiger partial charge in [-0.25, -0.2) is 12.8 Å². The summed E-state index contributed by atoms with van der Waals surface area (Å²) in [6.45, 7) is 2.06. The molecule has 0 bridgehead atoms. The molecule has 0 spiro atoms. The number of hydrogen-bond donors (Lipinski definition) is 1. The van der Waals surface area contributed by atoms with Crippen molar-refractivity contribution in [2.24, 2.45) is 0 Å². The quantitative estimate of drug-likeness (QED) is 0.849. The van der Waals surface area contributed by atoms with Gasteiger partial charge in [0.15, 0.2) is 0 Å². The van der Waals surface area contributed by atoms with E-state index in [1.54, 1.807) is 6.92 Å². The Kier molecular flexibility index (Phi) is 4.55. The van der Waals surface area contributed by atoms with E-state index in [9.17, 15) is 12.8 Å². The van der Waals surface area contributed by atoms with Crippen molar-refractivity contribution in [1.29, 1.82) is 0 Å². The van der Waals surface area contributed by atoms with Gasteiger partial charge in [-0.3, -0.25) is 4.72 Å². The summed E-state index contributed by atoms with van der Waals surface area (Å²) in [4.78, 5) is 0. The second-order valence-electron chi connectivity index (χ2n) is 2.90. The normalized spacial score (nSPS) is 11.2. The fourth-order valence-corrected chi connectivity index (χ4v) is 1.95. The molecule has 0 radical (unpaired) electrons. The van der Waals surface area contributed by atoms with Crippen molar-refractivity contribution < 1.29 is 17.5 Å². The van der Waals surface area contributed by atoms with Crippen LogP contribution in [-0.2, 0) is 10.0 Å². The van der Waals surface area contributed by atoms with E-state index in [4.69, 9.17) is 4.74 Å². The zero-order valence-electron chi connectivity index (χ0n) is 8.54. The minimum Gasteiger partial charge on any atom is -0.492 e. The lowest BCUT2D eigenvalue weighted by atomic mass is 10.3. The van der Waals surface area contributed by atoms with Gasteiger partial charge < -0.3 is 4.74 Å². The lowest BCUT2D eigenvalue weighted by Gasteiger charge is -2.11. The van der Waals surface area contributed by atoms with Crippen LogP contribution in [0.15, 0.2) is 18.2 Å². The molecule has 0 saturated carbocycles. The van der Waals surface area contributed by atoms with Crippen LogP contribution in [0.25, 0.3) is 0 Å². The maximum Gasteiger partial charge on any atom is 0.242 e.